The van der Waals surface area contributed by atoms with Crippen LogP contribution in [0.3, 0.4) is 0 Å². The van der Waals surface area contributed by atoms with E-state index in [-0.39, 0.29) is 16.9 Å². The van der Waals surface area contributed by atoms with E-state index in [1.807, 2.05) is 24.8 Å². The fourth-order valence-electron chi connectivity index (χ4n) is 1.62. The van der Waals surface area contributed by atoms with E-state index >= 15 is 0 Å². The molecule has 1 nitrogen and oxygen atoms in total. The van der Waals surface area contributed by atoms with Crippen LogP contribution in [0.25, 0.3) is 0 Å². The monoisotopic (exact) mass is 275 g/mol. The van der Waals surface area contributed by atoms with Crippen LogP contribution in [0.15, 0.2) is 18.2 Å². The van der Waals surface area contributed by atoms with Crippen LogP contribution in [-0.2, 0) is 0 Å². The van der Waals surface area contributed by atoms with Crippen molar-refractivity contribution < 1.29 is 4.39 Å². The van der Waals surface area contributed by atoms with Gasteiger partial charge in [-0.25, -0.2) is 4.39 Å². The molecule has 0 fully saturated rings. The minimum absolute atomic E-state index is 0.145. The standard InChI is InChI=1S/C13H19ClFNS/c1-9(8-17-3)7-16-10(2)11-4-5-12(14)13(15)6-11/h4-6,9-10,16H,7-8H2,1-3H3. The average molecular weight is 276 g/mol. The Kier molecular flexibility index (Phi) is 6.31. The van der Waals surface area contributed by atoms with Gasteiger partial charge in [-0.05, 0) is 49.1 Å². The zero-order valence-electron chi connectivity index (χ0n) is 10.5. The van der Waals surface area contributed by atoms with Crippen molar-refractivity contribution in [1.29, 1.82) is 0 Å². The largest absolute Gasteiger partial charge is 0.310 e. The maximum atomic E-state index is 13.3. The van der Waals surface area contributed by atoms with Crippen molar-refractivity contribution >= 4 is 23.4 Å². The van der Waals surface area contributed by atoms with E-state index in [4.69, 9.17) is 11.6 Å². The Balaban J connectivity index is 2.52. The maximum Gasteiger partial charge on any atom is 0.142 e. The summed E-state index contributed by atoms with van der Waals surface area (Å²) in [6, 6.07) is 5.11. The van der Waals surface area contributed by atoms with Crippen LogP contribution in [0, 0.1) is 11.7 Å². The summed E-state index contributed by atoms with van der Waals surface area (Å²) < 4.78 is 13.3. The van der Waals surface area contributed by atoms with Gasteiger partial charge in [0.15, 0.2) is 0 Å². The number of thioether (sulfide) groups is 1. The Labute approximate surface area is 112 Å². The molecule has 0 saturated carbocycles. The van der Waals surface area contributed by atoms with Gasteiger partial charge in [-0.3, -0.25) is 0 Å². The Bertz CT molecular complexity index is 359. The first-order chi connectivity index (χ1) is 8.04. The number of halogens is 2. The third-order valence-corrected chi connectivity index (χ3v) is 3.88. The average Bonchev–Trinajstić information content (AvgIpc) is 2.30. The number of nitrogens with one attached hydrogen (secondary N) is 1. The van der Waals surface area contributed by atoms with Crippen LogP contribution < -0.4 is 5.32 Å². The summed E-state index contributed by atoms with van der Waals surface area (Å²) in [4.78, 5) is 0. The molecule has 0 heterocycles. The van der Waals surface area contributed by atoms with Crippen LogP contribution in [0.4, 0.5) is 4.39 Å². The molecule has 0 aromatic heterocycles. The predicted octanol–water partition coefficient (Wildman–Crippen LogP) is 4.13. The molecule has 1 rings (SSSR count). The zero-order chi connectivity index (χ0) is 12.8. The molecule has 1 aromatic rings. The molecule has 1 N–H and O–H groups in total. The minimum atomic E-state index is -0.352. The van der Waals surface area contributed by atoms with Gasteiger partial charge in [-0.1, -0.05) is 24.6 Å². The molecule has 0 aliphatic heterocycles. The van der Waals surface area contributed by atoms with Gasteiger partial charge in [0.25, 0.3) is 0 Å². The van der Waals surface area contributed by atoms with Crippen molar-refractivity contribution in [3.63, 3.8) is 0 Å². The molecule has 1 aromatic carbocycles. The fraction of sp³-hybridized carbons (Fsp3) is 0.538. The minimum Gasteiger partial charge on any atom is -0.310 e. The van der Waals surface area contributed by atoms with Gasteiger partial charge in [0.05, 0.1) is 5.02 Å². The van der Waals surface area contributed by atoms with Gasteiger partial charge < -0.3 is 5.32 Å². The highest BCUT2D eigenvalue weighted by Crippen LogP contribution is 2.20. The molecule has 2 atom stereocenters. The van der Waals surface area contributed by atoms with Crippen LogP contribution in [0.2, 0.25) is 5.02 Å². The summed E-state index contributed by atoms with van der Waals surface area (Å²) in [5, 5.41) is 3.58. The van der Waals surface area contributed by atoms with E-state index in [1.54, 1.807) is 6.07 Å². The predicted molar refractivity (Wildman–Crippen MR) is 75.4 cm³/mol. The Morgan fingerprint density at radius 1 is 1.41 bits per heavy atom. The highest BCUT2D eigenvalue weighted by Gasteiger charge is 2.09. The first-order valence-corrected chi connectivity index (χ1v) is 7.49. The highest BCUT2D eigenvalue weighted by atomic mass is 35.5. The Hall–Kier alpha value is -0.250. The molecule has 0 radical (unpaired) electrons. The van der Waals surface area contributed by atoms with Crippen LogP contribution in [0.1, 0.15) is 25.5 Å². The van der Waals surface area contributed by atoms with Crippen LogP contribution in [0.5, 0.6) is 0 Å². The maximum absolute atomic E-state index is 13.3. The second kappa shape index (κ2) is 7.24. The lowest BCUT2D eigenvalue weighted by Crippen LogP contribution is -2.25. The summed E-state index contributed by atoms with van der Waals surface area (Å²) in [7, 11) is 0. The Morgan fingerprint density at radius 3 is 2.71 bits per heavy atom. The lowest BCUT2D eigenvalue weighted by molar-refractivity contribution is 0.499. The molecule has 0 aliphatic rings. The van der Waals surface area contributed by atoms with Crippen molar-refractivity contribution in [2.24, 2.45) is 5.92 Å². The van der Waals surface area contributed by atoms with E-state index in [2.05, 4.69) is 18.5 Å². The van der Waals surface area contributed by atoms with Crippen LogP contribution >= 0.6 is 23.4 Å². The smallest absolute Gasteiger partial charge is 0.142 e. The highest BCUT2D eigenvalue weighted by molar-refractivity contribution is 7.98. The first kappa shape index (κ1) is 14.8. The summed E-state index contributed by atoms with van der Waals surface area (Å²) in [6.45, 7) is 5.18. The molecule has 2 unspecified atom stereocenters. The van der Waals surface area contributed by atoms with Crippen molar-refractivity contribution in [2.45, 2.75) is 19.9 Å². The van der Waals surface area contributed by atoms with Gasteiger partial charge in [-0.15, -0.1) is 0 Å². The quantitative estimate of drug-likeness (QED) is 0.838. The lowest BCUT2D eigenvalue weighted by atomic mass is 10.1. The fourth-order valence-corrected chi connectivity index (χ4v) is 2.43. The summed E-state index contributed by atoms with van der Waals surface area (Å²) >= 11 is 7.50. The Morgan fingerprint density at radius 2 is 2.12 bits per heavy atom. The molecule has 17 heavy (non-hydrogen) atoms. The van der Waals surface area contributed by atoms with Crippen molar-refractivity contribution in [3.8, 4) is 0 Å². The van der Waals surface area contributed by atoms with E-state index in [0.717, 1.165) is 17.9 Å². The second-order valence-corrected chi connectivity index (χ2v) is 5.68. The summed E-state index contributed by atoms with van der Waals surface area (Å²) in [5.41, 5.74) is 0.934. The topological polar surface area (TPSA) is 12.0 Å². The zero-order valence-corrected chi connectivity index (χ0v) is 12.0. The second-order valence-electron chi connectivity index (χ2n) is 4.36. The lowest BCUT2D eigenvalue weighted by Gasteiger charge is -2.17. The van der Waals surface area contributed by atoms with Crippen molar-refractivity contribution in [1.82, 2.24) is 5.32 Å². The molecule has 0 aliphatic carbocycles. The third kappa shape index (κ3) is 4.86. The summed E-state index contributed by atoms with van der Waals surface area (Å²) in [6.07, 6.45) is 2.11. The van der Waals surface area contributed by atoms with Crippen LogP contribution in [-0.4, -0.2) is 18.6 Å². The van der Waals surface area contributed by atoms with Crippen molar-refractivity contribution in [3.05, 3.63) is 34.6 Å². The molecule has 0 spiro atoms. The number of hydrogen-bond acceptors (Lipinski definition) is 2. The van der Waals surface area contributed by atoms with Gasteiger partial charge in [0.1, 0.15) is 5.82 Å². The molecule has 0 amide bonds. The number of benzene rings is 1. The van der Waals surface area contributed by atoms with E-state index in [1.165, 1.54) is 6.07 Å². The third-order valence-electron chi connectivity index (χ3n) is 2.67. The first-order valence-electron chi connectivity index (χ1n) is 5.72. The van der Waals surface area contributed by atoms with E-state index in [0.29, 0.717) is 5.92 Å². The molecule has 0 saturated heterocycles. The van der Waals surface area contributed by atoms with E-state index < -0.39 is 0 Å². The van der Waals surface area contributed by atoms with Gasteiger partial charge in [0, 0.05) is 6.04 Å². The number of hydrogen-bond donors (Lipinski definition) is 1. The van der Waals surface area contributed by atoms with Gasteiger partial charge >= 0.3 is 0 Å². The molecular weight excluding hydrogens is 257 g/mol. The molecule has 4 heteroatoms. The molecule has 0 bridgehead atoms. The van der Waals surface area contributed by atoms with E-state index in [9.17, 15) is 4.39 Å². The summed E-state index contributed by atoms with van der Waals surface area (Å²) in [5.74, 6) is 1.40. The van der Waals surface area contributed by atoms with Gasteiger partial charge in [0.2, 0.25) is 0 Å². The van der Waals surface area contributed by atoms with Crippen molar-refractivity contribution in [2.75, 3.05) is 18.6 Å². The molecular formula is C13H19ClFNS. The molecule has 96 valence electrons. The number of rotatable bonds is 6. The van der Waals surface area contributed by atoms with Gasteiger partial charge in [-0.2, -0.15) is 11.8 Å². The normalized spacial score (nSPS) is 14.6. The SMILES string of the molecule is CSCC(C)CNC(C)c1ccc(Cl)c(F)c1.